The van der Waals surface area contributed by atoms with E-state index < -0.39 is 10.0 Å². The molecular weight excluding hydrogens is 344 g/mol. The van der Waals surface area contributed by atoms with Crippen molar-refractivity contribution in [3.8, 4) is 0 Å². The van der Waals surface area contributed by atoms with Crippen LogP contribution < -0.4 is 9.46 Å². The topological polar surface area (TPSA) is 68.2 Å². The fourth-order valence-corrected chi connectivity index (χ4v) is 4.14. The van der Waals surface area contributed by atoms with Gasteiger partial charge in [0.25, 0.3) is 14.8 Å². The summed E-state index contributed by atoms with van der Waals surface area (Å²) in [5.74, 6) is 0. The Morgan fingerprint density at radius 1 is 1.18 bits per heavy atom. The molecule has 0 aliphatic heterocycles. The van der Waals surface area contributed by atoms with Crippen molar-refractivity contribution in [2.75, 3.05) is 4.72 Å². The number of fused-ring (bicyclic) bond motifs is 1. The highest BCUT2D eigenvalue weighted by atomic mass is 35.5. The fraction of sp³-hybridized carbons (Fsp3) is 0.0714. The monoisotopic (exact) mass is 354 g/mol. The second kappa shape index (κ2) is 5.42. The van der Waals surface area contributed by atoms with Gasteiger partial charge in [-0.3, -0.25) is 13.5 Å². The minimum absolute atomic E-state index is 0.0375. The molecule has 0 radical (unpaired) electrons. The quantitative estimate of drug-likeness (QED) is 0.786. The van der Waals surface area contributed by atoms with Crippen LogP contribution >= 0.6 is 23.1 Å². The number of nitrogens with one attached hydrogen (secondary N) is 1. The Kier molecular flexibility index (Phi) is 3.72. The smallest absolute Gasteiger partial charge is 0.261 e. The lowest BCUT2D eigenvalue weighted by atomic mass is 10.2. The van der Waals surface area contributed by atoms with Crippen LogP contribution in [0.1, 0.15) is 0 Å². The molecule has 0 bridgehead atoms. The number of aromatic nitrogens is 1. The second-order valence-electron chi connectivity index (χ2n) is 4.67. The van der Waals surface area contributed by atoms with E-state index in [-0.39, 0.29) is 9.64 Å². The molecule has 0 unspecified atom stereocenters. The van der Waals surface area contributed by atoms with E-state index in [1.54, 1.807) is 35.3 Å². The Labute approximate surface area is 136 Å². The van der Waals surface area contributed by atoms with Gasteiger partial charge in [0.1, 0.15) is 0 Å². The Bertz CT molecular complexity index is 1020. The van der Waals surface area contributed by atoms with Crippen LogP contribution in [-0.4, -0.2) is 12.4 Å². The van der Waals surface area contributed by atoms with E-state index >= 15 is 0 Å². The van der Waals surface area contributed by atoms with Gasteiger partial charge in [0.05, 0.1) is 21.5 Å². The minimum atomic E-state index is -3.78. The predicted octanol–water partition coefficient (Wildman–Crippen LogP) is 3.05. The number of rotatable bonds is 3. The Balaban J connectivity index is 2.05. The zero-order valence-corrected chi connectivity index (χ0v) is 13.8. The van der Waals surface area contributed by atoms with Crippen molar-refractivity contribution in [1.29, 1.82) is 0 Å². The van der Waals surface area contributed by atoms with Gasteiger partial charge in [-0.25, -0.2) is 8.42 Å². The fourth-order valence-electron chi connectivity index (χ4n) is 2.11. The second-order valence-corrected chi connectivity index (χ2v) is 7.89. The number of sulfonamides is 1. The van der Waals surface area contributed by atoms with Crippen LogP contribution in [0.3, 0.4) is 0 Å². The molecule has 1 aromatic heterocycles. The SMILES string of the molecule is Cn1sc(=O)c2cc(S(=O)(=O)Nc3cccc(Cl)c3)ccc21. The van der Waals surface area contributed by atoms with E-state index in [0.29, 0.717) is 21.6 Å². The first-order valence-electron chi connectivity index (χ1n) is 6.25. The number of hydrogen-bond acceptors (Lipinski definition) is 4. The highest BCUT2D eigenvalue weighted by Crippen LogP contribution is 2.22. The van der Waals surface area contributed by atoms with Crippen LogP contribution in [0, 0.1) is 0 Å². The number of halogens is 1. The molecule has 1 N–H and O–H groups in total. The van der Waals surface area contributed by atoms with E-state index in [0.717, 1.165) is 11.5 Å². The first kappa shape index (κ1) is 15.1. The summed E-state index contributed by atoms with van der Waals surface area (Å²) in [6.07, 6.45) is 0. The summed E-state index contributed by atoms with van der Waals surface area (Å²) < 4.78 is 28.8. The summed E-state index contributed by atoms with van der Waals surface area (Å²) in [4.78, 5) is 11.9. The molecule has 0 saturated carbocycles. The van der Waals surface area contributed by atoms with Gasteiger partial charge in [-0.15, -0.1) is 0 Å². The zero-order chi connectivity index (χ0) is 15.9. The maximum absolute atomic E-state index is 12.4. The summed E-state index contributed by atoms with van der Waals surface area (Å²) in [6, 6.07) is 10.9. The van der Waals surface area contributed by atoms with Gasteiger partial charge >= 0.3 is 0 Å². The van der Waals surface area contributed by atoms with Crippen LogP contribution in [-0.2, 0) is 17.1 Å². The highest BCUT2D eigenvalue weighted by molar-refractivity contribution is 7.92. The Morgan fingerprint density at radius 2 is 1.95 bits per heavy atom. The minimum Gasteiger partial charge on any atom is -0.297 e. The number of benzene rings is 2. The molecular formula is C14H11ClN2O3S2. The maximum atomic E-state index is 12.4. The molecule has 8 heteroatoms. The van der Waals surface area contributed by atoms with Gasteiger partial charge in [-0.05, 0) is 47.9 Å². The molecule has 0 spiro atoms. The van der Waals surface area contributed by atoms with Crippen molar-refractivity contribution in [3.05, 3.63) is 57.0 Å². The largest absolute Gasteiger partial charge is 0.297 e. The molecule has 1 heterocycles. The molecule has 0 aliphatic carbocycles. The lowest BCUT2D eigenvalue weighted by molar-refractivity contribution is 0.601. The molecule has 0 saturated heterocycles. The van der Waals surface area contributed by atoms with Crippen LogP contribution in [0.5, 0.6) is 0 Å². The van der Waals surface area contributed by atoms with Crippen LogP contribution in [0.4, 0.5) is 5.69 Å². The highest BCUT2D eigenvalue weighted by Gasteiger charge is 2.17. The molecule has 3 rings (SSSR count). The number of hydrogen-bond donors (Lipinski definition) is 1. The van der Waals surface area contributed by atoms with Crippen molar-refractivity contribution in [2.45, 2.75) is 4.90 Å². The summed E-state index contributed by atoms with van der Waals surface area (Å²) >= 11 is 6.88. The van der Waals surface area contributed by atoms with E-state index in [1.165, 1.54) is 18.2 Å². The lowest BCUT2D eigenvalue weighted by Gasteiger charge is -2.08. The molecule has 114 valence electrons. The molecule has 2 aromatic carbocycles. The third-order valence-electron chi connectivity index (χ3n) is 3.13. The van der Waals surface area contributed by atoms with E-state index in [1.807, 2.05) is 0 Å². The maximum Gasteiger partial charge on any atom is 0.261 e. The van der Waals surface area contributed by atoms with Crippen LogP contribution in [0.15, 0.2) is 52.2 Å². The van der Waals surface area contributed by atoms with Gasteiger partial charge in [0.2, 0.25) is 0 Å². The summed E-state index contributed by atoms with van der Waals surface area (Å²) in [6.45, 7) is 0. The molecule has 0 amide bonds. The molecule has 0 aliphatic rings. The van der Waals surface area contributed by atoms with Crippen molar-refractivity contribution in [2.24, 2.45) is 7.05 Å². The molecule has 0 fully saturated rings. The van der Waals surface area contributed by atoms with Gasteiger partial charge in [0.15, 0.2) is 0 Å². The van der Waals surface area contributed by atoms with Crippen molar-refractivity contribution in [1.82, 2.24) is 3.96 Å². The first-order chi connectivity index (χ1) is 10.4. The first-order valence-corrected chi connectivity index (χ1v) is 8.89. The summed E-state index contributed by atoms with van der Waals surface area (Å²) in [7, 11) is -2.02. The summed E-state index contributed by atoms with van der Waals surface area (Å²) in [5, 5.41) is 0.823. The summed E-state index contributed by atoms with van der Waals surface area (Å²) in [5.41, 5.74) is 1.07. The predicted molar refractivity (Wildman–Crippen MR) is 89.3 cm³/mol. The van der Waals surface area contributed by atoms with Crippen molar-refractivity contribution in [3.63, 3.8) is 0 Å². The third kappa shape index (κ3) is 2.75. The van der Waals surface area contributed by atoms with Crippen molar-refractivity contribution < 1.29 is 8.42 Å². The normalized spacial score (nSPS) is 11.7. The van der Waals surface area contributed by atoms with Crippen LogP contribution in [0.25, 0.3) is 10.9 Å². The van der Waals surface area contributed by atoms with Crippen molar-refractivity contribution >= 4 is 49.7 Å². The Hall–Kier alpha value is -1.83. The van der Waals surface area contributed by atoms with E-state index in [2.05, 4.69) is 4.72 Å². The third-order valence-corrected chi connectivity index (χ3v) is 5.60. The molecule has 3 aromatic rings. The average Bonchev–Trinajstić information content (AvgIpc) is 2.73. The van der Waals surface area contributed by atoms with Gasteiger partial charge < -0.3 is 0 Å². The van der Waals surface area contributed by atoms with Gasteiger partial charge in [-0.2, -0.15) is 0 Å². The molecule has 0 atom stereocenters. The van der Waals surface area contributed by atoms with E-state index in [4.69, 9.17) is 11.6 Å². The van der Waals surface area contributed by atoms with Gasteiger partial charge in [0, 0.05) is 12.1 Å². The van der Waals surface area contributed by atoms with Crippen LogP contribution in [0.2, 0.25) is 5.02 Å². The average molecular weight is 355 g/mol. The number of nitrogens with zero attached hydrogens (tertiary/aromatic N) is 1. The number of anilines is 1. The zero-order valence-electron chi connectivity index (χ0n) is 11.4. The standard InChI is InChI=1S/C14H11ClN2O3S2/c1-17-13-6-5-11(8-12(13)14(18)21-17)22(19,20)16-10-4-2-3-9(15)7-10/h2-8,16H,1H3. The molecule has 5 nitrogen and oxygen atoms in total. The lowest BCUT2D eigenvalue weighted by Crippen LogP contribution is -2.13. The Morgan fingerprint density at radius 3 is 2.68 bits per heavy atom. The number of aryl methyl sites for hydroxylation is 1. The van der Waals surface area contributed by atoms with E-state index in [9.17, 15) is 13.2 Å². The molecule has 22 heavy (non-hydrogen) atoms. The van der Waals surface area contributed by atoms with Gasteiger partial charge in [-0.1, -0.05) is 17.7 Å².